The van der Waals surface area contributed by atoms with Crippen LogP contribution < -0.4 is 10.6 Å². The van der Waals surface area contributed by atoms with Crippen LogP contribution in [-0.2, 0) is 0 Å². The molecule has 2 rings (SSSR count). The Kier molecular flexibility index (Phi) is 2.46. The zero-order valence-corrected chi connectivity index (χ0v) is 8.77. The van der Waals surface area contributed by atoms with Gasteiger partial charge in [-0.05, 0) is 30.9 Å². The number of nitrogen functional groups attached to an aromatic ring is 1. The molecule has 1 aromatic heterocycles. The van der Waals surface area contributed by atoms with Gasteiger partial charge in [-0.3, -0.25) is 0 Å². The third-order valence-corrected chi connectivity index (χ3v) is 2.64. The molecule has 1 aliphatic carbocycles. The first kappa shape index (κ1) is 9.78. The van der Waals surface area contributed by atoms with Crippen molar-refractivity contribution in [1.82, 2.24) is 4.98 Å². The topological polar surface area (TPSA) is 65.9 Å². The number of pyridine rings is 1. The average Bonchev–Trinajstić information content (AvgIpc) is 3.02. The molecule has 1 fully saturated rings. The summed E-state index contributed by atoms with van der Waals surface area (Å²) in [6.07, 6.45) is 2.62. The SMILES string of the molecule is CN(CC1CC1)c1ccc(N)c(C#N)n1. The van der Waals surface area contributed by atoms with Gasteiger partial charge in [0, 0.05) is 13.6 Å². The van der Waals surface area contributed by atoms with Gasteiger partial charge in [-0.1, -0.05) is 0 Å². The standard InChI is InChI=1S/C11H14N4/c1-15(7-8-2-3-8)11-5-4-9(13)10(6-12)14-11/h4-5,8H,2-3,7,13H2,1H3. The summed E-state index contributed by atoms with van der Waals surface area (Å²) >= 11 is 0. The van der Waals surface area contributed by atoms with Gasteiger partial charge in [0.2, 0.25) is 0 Å². The minimum Gasteiger partial charge on any atom is -0.396 e. The first-order valence-electron chi connectivity index (χ1n) is 5.08. The summed E-state index contributed by atoms with van der Waals surface area (Å²) in [5.74, 6) is 1.63. The van der Waals surface area contributed by atoms with Gasteiger partial charge in [0.05, 0.1) is 5.69 Å². The minimum atomic E-state index is 0.315. The molecule has 15 heavy (non-hydrogen) atoms. The van der Waals surface area contributed by atoms with Crippen molar-refractivity contribution >= 4 is 11.5 Å². The zero-order valence-electron chi connectivity index (χ0n) is 8.77. The van der Waals surface area contributed by atoms with E-state index >= 15 is 0 Å². The minimum absolute atomic E-state index is 0.315. The maximum absolute atomic E-state index is 8.81. The van der Waals surface area contributed by atoms with Crippen molar-refractivity contribution in [3.8, 4) is 6.07 Å². The van der Waals surface area contributed by atoms with Crippen LogP contribution in [0, 0.1) is 17.2 Å². The lowest BCUT2D eigenvalue weighted by Crippen LogP contribution is -2.21. The van der Waals surface area contributed by atoms with E-state index < -0.39 is 0 Å². The molecular formula is C11H14N4. The molecule has 2 N–H and O–H groups in total. The number of nitrogens with zero attached hydrogens (tertiary/aromatic N) is 3. The molecule has 1 aliphatic rings. The highest BCUT2D eigenvalue weighted by Crippen LogP contribution is 2.30. The van der Waals surface area contributed by atoms with E-state index in [0.717, 1.165) is 18.3 Å². The lowest BCUT2D eigenvalue weighted by molar-refractivity contribution is 0.777. The maximum Gasteiger partial charge on any atom is 0.165 e. The van der Waals surface area contributed by atoms with Gasteiger partial charge < -0.3 is 10.6 Å². The second-order valence-corrected chi connectivity index (χ2v) is 4.04. The summed E-state index contributed by atoms with van der Waals surface area (Å²) in [5.41, 5.74) is 6.37. The molecule has 0 radical (unpaired) electrons. The fourth-order valence-electron chi connectivity index (χ4n) is 1.54. The van der Waals surface area contributed by atoms with Gasteiger partial charge in [-0.2, -0.15) is 5.26 Å². The normalized spacial score (nSPS) is 14.7. The van der Waals surface area contributed by atoms with Crippen LogP contribution in [0.2, 0.25) is 0 Å². The average molecular weight is 202 g/mol. The molecule has 1 aromatic rings. The summed E-state index contributed by atoms with van der Waals surface area (Å²) < 4.78 is 0. The van der Waals surface area contributed by atoms with Gasteiger partial charge in [-0.25, -0.2) is 4.98 Å². The summed E-state index contributed by atoms with van der Waals surface area (Å²) in [7, 11) is 2.00. The van der Waals surface area contributed by atoms with E-state index in [4.69, 9.17) is 11.0 Å². The number of nitrogens with two attached hydrogens (primary N) is 1. The van der Waals surface area contributed by atoms with E-state index in [1.807, 2.05) is 19.2 Å². The Bertz CT molecular complexity index is 404. The number of anilines is 2. The number of hydrogen-bond acceptors (Lipinski definition) is 4. The molecule has 0 bridgehead atoms. The predicted octanol–water partition coefficient (Wildman–Crippen LogP) is 1.38. The molecule has 78 valence electrons. The summed E-state index contributed by atoms with van der Waals surface area (Å²) in [4.78, 5) is 6.29. The molecule has 1 heterocycles. The molecule has 0 atom stereocenters. The Labute approximate surface area is 89.3 Å². The third-order valence-electron chi connectivity index (χ3n) is 2.64. The fourth-order valence-corrected chi connectivity index (χ4v) is 1.54. The van der Waals surface area contributed by atoms with Crippen molar-refractivity contribution in [1.29, 1.82) is 5.26 Å². The number of hydrogen-bond donors (Lipinski definition) is 1. The van der Waals surface area contributed by atoms with E-state index in [1.54, 1.807) is 6.07 Å². The van der Waals surface area contributed by atoms with Crippen LogP contribution in [0.3, 0.4) is 0 Å². The van der Waals surface area contributed by atoms with Gasteiger partial charge >= 0.3 is 0 Å². The van der Waals surface area contributed by atoms with Gasteiger partial charge in [0.1, 0.15) is 11.9 Å². The van der Waals surface area contributed by atoms with Gasteiger partial charge in [-0.15, -0.1) is 0 Å². The Hall–Kier alpha value is -1.76. The van der Waals surface area contributed by atoms with Gasteiger partial charge in [0.15, 0.2) is 5.69 Å². The van der Waals surface area contributed by atoms with E-state index in [1.165, 1.54) is 12.8 Å². The lowest BCUT2D eigenvalue weighted by Gasteiger charge is -2.17. The molecule has 1 saturated carbocycles. The highest BCUT2D eigenvalue weighted by Gasteiger charge is 2.23. The number of nitriles is 1. The Balaban J connectivity index is 2.16. The maximum atomic E-state index is 8.81. The van der Waals surface area contributed by atoms with E-state index in [0.29, 0.717) is 11.4 Å². The smallest absolute Gasteiger partial charge is 0.165 e. The highest BCUT2D eigenvalue weighted by molar-refractivity contribution is 5.55. The van der Waals surface area contributed by atoms with Crippen LogP contribution in [0.4, 0.5) is 11.5 Å². The lowest BCUT2D eigenvalue weighted by atomic mass is 10.3. The van der Waals surface area contributed by atoms with E-state index in [2.05, 4.69) is 9.88 Å². The van der Waals surface area contributed by atoms with Crippen LogP contribution in [0.15, 0.2) is 12.1 Å². The van der Waals surface area contributed by atoms with Crippen LogP contribution in [0.25, 0.3) is 0 Å². The molecule has 0 aromatic carbocycles. The van der Waals surface area contributed by atoms with Crippen molar-refractivity contribution in [3.05, 3.63) is 17.8 Å². The quantitative estimate of drug-likeness (QED) is 0.804. The molecule has 0 spiro atoms. The second kappa shape index (κ2) is 3.77. The Morgan fingerprint density at radius 1 is 1.60 bits per heavy atom. The summed E-state index contributed by atoms with van der Waals surface area (Å²) in [6, 6.07) is 5.60. The van der Waals surface area contributed by atoms with Crippen molar-refractivity contribution in [3.63, 3.8) is 0 Å². The van der Waals surface area contributed by atoms with Crippen LogP contribution in [0.5, 0.6) is 0 Å². The van der Waals surface area contributed by atoms with Crippen LogP contribution in [0.1, 0.15) is 18.5 Å². The highest BCUT2D eigenvalue weighted by atomic mass is 15.2. The van der Waals surface area contributed by atoms with Crippen LogP contribution >= 0.6 is 0 Å². The molecule has 0 aliphatic heterocycles. The van der Waals surface area contributed by atoms with Crippen molar-refractivity contribution < 1.29 is 0 Å². The molecule has 0 saturated heterocycles. The number of rotatable bonds is 3. The summed E-state index contributed by atoms with van der Waals surface area (Å²) in [5, 5.41) is 8.81. The van der Waals surface area contributed by atoms with Crippen molar-refractivity contribution in [2.45, 2.75) is 12.8 Å². The second-order valence-electron chi connectivity index (χ2n) is 4.04. The van der Waals surface area contributed by atoms with Crippen molar-refractivity contribution in [2.24, 2.45) is 5.92 Å². The van der Waals surface area contributed by atoms with E-state index in [9.17, 15) is 0 Å². The number of aromatic nitrogens is 1. The molecule has 0 unspecified atom stereocenters. The Morgan fingerprint density at radius 2 is 2.33 bits per heavy atom. The first-order chi connectivity index (χ1) is 7.20. The van der Waals surface area contributed by atoms with Crippen molar-refractivity contribution in [2.75, 3.05) is 24.2 Å². The Morgan fingerprint density at radius 3 is 2.93 bits per heavy atom. The molecule has 0 amide bonds. The molecule has 4 nitrogen and oxygen atoms in total. The summed E-state index contributed by atoms with van der Waals surface area (Å²) in [6.45, 7) is 1.02. The van der Waals surface area contributed by atoms with E-state index in [-0.39, 0.29) is 0 Å². The van der Waals surface area contributed by atoms with Gasteiger partial charge in [0.25, 0.3) is 0 Å². The first-order valence-corrected chi connectivity index (χ1v) is 5.08. The largest absolute Gasteiger partial charge is 0.396 e. The molecule has 4 heteroatoms. The molecular weight excluding hydrogens is 188 g/mol. The zero-order chi connectivity index (χ0) is 10.8. The third kappa shape index (κ3) is 2.18. The van der Waals surface area contributed by atoms with Crippen LogP contribution in [-0.4, -0.2) is 18.6 Å². The fraction of sp³-hybridized carbons (Fsp3) is 0.455. The predicted molar refractivity (Wildman–Crippen MR) is 59.4 cm³/mol. The monoisotopic (exact) mass is 202 g/mol.